The molecule has 1 aliphatic rings. The second kappa shape index (κ2) is 6.19. The number of ether oxygens (including phenoxy) is 1. The standard InChI is InChI=1S/C13H17BrClNO/c1-16(10-5-7-17-8-6-10)9-11-12(14)3-2-4-13(11)15/h2-4,10H,5-9H2,1H3. The molecule has 0 radical (unpaired) electrons. The molecule has 0 spiro atoms. The van der Waals surface area contributed by atoms with Crippen LogP contribution in [0.4, 0.5) is 0 Å². The predicted molar refractivity (Wildman–Crippen MR) is 74.5 cm³/mol. The van der Waals surface area contributed by atoms with Crippen molar-refractivity contribution >= 4 is 27.5 Å². The molecule has 0 saturated carbocycles. The maximum atomic E-state index is 6.23. The summed E-state index contributed by atoms with van der Waals surface area (Å²) in [5.41, 5.74) is 1.17. The molecule has 1 saturated heterocycles. The van der Waals surface area contributed by atoms with Crippen LogP contribution in [0.25, 0.3) is 0 Å². The molecule has 0 aromatic heterocycles. The normalized spacial score (nSPS) is 17.6. The first-order valence-electron chi connectivity index (χ1n) is 5.89. The van der Waals surface area contributed by atoms with E-state index >= 15 is 0 Å². The van der Waals surface area contributed by atoms with Crippen molar-refractivity contribution in [1.29, 1.82) is 0 Å². The van der Waals surface area contributed by atoms with Crippen molar-refractivity contribution < 1.29 is 4.74 Å². The van der Waals surface area contributed by atoms with Crippen molar-refractivity contribution in [3.8, 4) is 0 Å². The van der Waals surface area contributed by atoms with Crippen LogP contribution in [-0.4, -0.2) is 31.2 Å². The Kier molecular flexibility index (Phi) is 4.86. The molecule has 0 aliphatic carbocycles. The van der Waals surface area contributed by atoms with E-state index < -0.39 is 0 Å². The van der Waals surface area contributed by atoms with E-state index in [9.17, 15) is 0 Å². The first-order valence-corrected chi connectivity index (χ1v) is 7.06. The van der Waals surface area contributed by atoms with Crippen LogP contribution >= 0.6 is 27.5 Å². The molecule has 1 aromatic rings. The SMILES string of the molecule is CN(Cc1c(Cl)cccc1Br)C1CCOCC1. The fraction of sp³-hybridized carbons (Fsp3) is 0.538. The van der Waals surface area contributed by atoms with Gasteiger partial charge >= 0.3 is 0 Å². The van der Waals surface area contributed by atoms with Gasteiger partial charge in [-0.2, -0.15) is 0 Å². The number of nitrogens with zero attached hydrogens (tertiary/aromatic N) is 1. The van der Waals surface area contributed by atoms with Crippen LogP contribution in [0.3, 0.4) is 0 Å². The van der Waals surface area contributed by atoms with E-state index in [0.29, 0.717) is 6.04 Å². The second-order valence-corrected chi connectivity index (χ2v) is 5.72. The van der Waals surface area contributed by atoms with Gasteiger partial charge in [-0.3, -0.25) is 4.90 Å². The van der Waals surface area contributed by atoms with Gasteiger partial charge in [-0.05, 0) is 37.6 Å². The number of halogens is 2. The first-order chi connectivity index (χ1) is 8.18. The molecule has 0 unspecified atom stereocenters. The Morgan fingerprint density at radius 3 is 2.76 bits per heavy atom. The van der Waals surface area contributed by atoms with E-state index in [4.69, 9.17) is 16.3 Å². The molecule has 0 bridgehead atoms. The Bertz CT molecular complexity index is 359. The second-order valence-electron chi connectivity index (χ2n) is 4.46. The number of hydrogen-bond donors (Lipinski definition) is 0. The zero-order valence-corrected chi connectivity index (χ0v) is 12.3. The van der Waals surface area contributed by atoms with Gasteiger partial charge in [0.25, 0.3) is 0 Å². The maximum absolute atomic E-state index is 6.23. The fourth-order valence-corrected chi connectivity index (χ4v) is 3.03. The minimum atomic E-state index is 0.604. The van der Waals surface area contributed by atoms with E-state index in [1.54, 1.807) is 0 Å². The van der Waals surface area contributed by atoms with Crippen molar-refractivity contribution in [3.05, 3.63) is 33.3 Å². The van der Waals surface area contributed by atoms with Crippen molar-refractivity contribution in [2.75, 3.05) is 20.3 Å². The van der Waals surface area contributed by atoms with Gasteiger partial charge in [0.1, 0.15) is 0 Å². The molecule has 94 valence electrons. The van der Waals surface area contributed by atoms with Gasteiger partial charge in [0.15, 0.2) is 0 Å². The van der Waals surface area contributed by atoms with Gasteiger partial charge in [-0.1, -0.05) is 33.6 Å². The lowest BCUT2D eigenvalue weighted by molar-refractivity contribution is 0.0406. The fourth-order valence-electron chi connectivity index (χ4n) is 2.19. The van der Waals surface area contributed by atoms with Gasteiger partial charge in [0, 0.05) is 35.3 Å². The summed E-state index contributed by atoms with van der Waals surface area (Å²) in [4.78, 5) is 2.37. The maximum Gasteiger partial charge on any atom is 0.0480 e. The highest BCUT2D eigenvalue weighted by Crippen LogP contribution is 2.27. The monoisotopic (exact) mass is 317 g/mol. The Morgan fingerprint density at radius 1 is 1.41 bits per heavy atom. The Balaban J connectivity index is 2.04. The number of benzene rings is 1. The zero-order chi connectivity index (χ0) is 12.3. The molecule has 4 heteroatoms. The molecule has 0 amide bonds. The van der Waals surface area contributed by atoms with Crippen LogP contribution in [0.15, 0.2) is 22.7 Å². The van der Waals surface area contributed by atoms with Crippen molar-refractivity contribution in [3.63, 3.8) is 0 Å². The van der Waals surface area contributed by atoms with E-state index in [1.807, 2.05) is 18.2 Å². The minimum absolute atomic E-state index is 0.604. The lowest BCUT2D eigenvalue weighted by Crippen LogP contribution is -2.36. The molecule has 0 atom stereocenters. The lowest BCUT2D eigenvalue weighted by Gasteiger charge is -2.31. The third-order valence-corrected chi connectivity index (χ3v) is 4.38. The highest BCUT2D eigenvalue weighted by Gasteiger charge is 2.19. The largest absolute Gasteiger partial charge is 0.381 e. The average molecular weight is 319 g/mol. The summed E-state index contributed by atoms with van der Waals surface area (Å²) in [6.45, 7) is 2.63. The molecule has 1 aliphatic heterocycles. The van der Waals surface area contributed by atoms with Crippen LogP contribution in [0.2, 0.25) is 5.02 Å². The van der Waals surface area contributed by atoms with Gasteiger partial charge in [0.2, 0.25) is 0 Å². The quantitative estimate of drug-likeness (QED) is 0.842. The summed E-state index contributed by atoms with van der Waals surface area (Å²) >= 11 is 9.79. The Morgan fingerprint density at radius 2 is 2.12 bits per heavy atom. The third-order valence-electron chi connectivity index (χ3n) is 3.28. The first kappa shape index (κ1) is 13.3. The van der Waals surface area contributed by atoms with Crippen LogP contribution in [-0.2, 0) is 11.3 Å². The molecule has 17 heavy (non-hydrogen) atoms. The van der Waals surface area contributed by atoms with Crippen molar-refractivity contribution in [2.45, 2.75) is 25.4 Å². The highest BCUT2D eigenvalue weighted by atomic mass is 79.9. The summed E-state index contributed by atoms with van der Waals surface area (Å²) in [6.07, 6.45) is 2.22. The summed E-state index contributed by atoms with van der Waals surface area (Å²) in [6, 6.07) is 6.55. The minimum Gasteiger partial charge on any atom is -0.381 e. The molecule has 1 aromatic carbocycles. The molecular weight excluding hydrogens is 302 g/mol. The summed E-state index contributed by atoms with van der Waals surface area (Å²) in [5.74, 6) is 0. The Hall–Kier alpha value is -0.0900. The molecule has 1 heterocycles. The van der Waals surface area contributed by atoms with Gasteiger partial charge < -0.3 is 4.74 Å². The smallest absolute Gasteiger partial charge is 0.0480 e. The van der Waals surface area contributed by atoms with Gasteiger partial charge in [-0.15, -0.1) is 0 Å². The topological polar surface area (TPSA) is 12.5 Å². The van der Waals surface area contributed by atoms with Gasteiger partial charge in [-0.25, -0.2) is 0 Å². The van der Waals surface area contributed by atoms with Crippen molar-refractivity contribution in [1.82, 2.24) is 4.90 Å². The van der Waals surface area contributed by atoms with E-state index in [-0.39, 0.29) is 0 Å². The number of hydrogen-bond acceptors (Lipinski definition) is 2. The summed E-state index contributed by atoms with van der Waals surface area (Å²) < 4.78 is 6.47. The lowest BCUT2D eigenvalue weighted by atomic mass is 10.1. The van der Waals surface area contributed by atoms with E-state index in [0.717, 1.165) is 42.1 Å². The van der Waals surface area contributed by atoms with Gasteiger partial charge in [0.05, 0.1) is 0 Å². The van der Waals surface area contributed by atoms with Crippen LogP contribution in [0, 0.1) is 0 Å². The predicted octanol–water partition coefficient (Wildman–Crippen LogP) is 3.71. The number of rotatable bonds is 3. The van der Waals surface area contributed by atoms with E-state index in [2.05, 4.69) is 27.9 Å². The third kappa shape index (κ3) is 3.44. The molecule has 0 N–H and O–H groups in total. The van der Waals surface area contributed by atoms with E-state index in [1.165, 1.54) is 5.56 Å². The molecule has 2 nitrogen and oxygen atoms in total. The molecule has 2 rings (SSSR count). The highest BCUT2D eigenvalue weighted by molar-refractivity contribution is 9.10. The van der Waals surface area contributed by atoms with Crippen LogP contribution in [0.5, 0.6) is 0 Å². The molecule has 1 fully saturated rings. The average Bonchev–Trinajstić information content (AvgIpc) is 2.35. The van der Waals surface area contributed by atoms with Crippen LogP contribution in [0.1, 0.15) is 18.4 Å². The van der Waals surface area contributed by atoms with Crippen LogP contribution < -0.4 is 0 Å². The summed E-state index contributed by atoms with van der Waals surface area (Å²) in [5, 5.41) is 0.832. The zero-order valence-electron chi connectivity index (χ0n) is 9.96. The van der Waals surface area contributed by atoms with Crippen molar-refractivity contribution in [2.24, 2.45) is 0 Å². The Labute approximate surface area is 116 Å². The molecular formula is C13H17BrClNO. The summed E-state index contributed by atoms with van der Waals surface area (Å²) in [7, 11) is 2.16.